The number of aromatic nitrogens is 2. The van der Waals surface area contributed by atoms with E-state index in [0.717, 1.165) is 32.1 Å². The molecule has 1 spiro atoms. The van der Waals surface area contributed by atoms with Crippen molar-refractivity contribution in [2.75, 3.05) is 24.7 Å². The van der Waals surface area contributed by atoms with E-state index in [-0.39, 0.29) is 29.4 Å². The number of nitrogens with two attached hydrogens (primary N) is 1. The van der Waals surface area contributed by atoms with E-state index in [1.54, 1.807) is 43.4 Å². The maximum Gasteiger partial charge on any atom is 0.410 e. The lowest BCUT2D eigenvalue weighted by atomic mass is 9.92. The summed E-state index contributed by atoms with van der Waals surface area (Å²) in [4.78, 5) is 37.0. The molecule has 3 aliphatic rings. The number of sulfone groups is 1. The minimum absolute atomic E-state index is 0.0683. The van der Waals surface area contributed by atoms with Gasteiger partial charge in [-0.2, -0.15) is 0 Å². The first kappa shape index (κ1) is 42.7. The van der Waals surface area contributed by atoms with Gasteiger partial charge in [-0.1, -0.05) is 57.4 Å². The molecule has 1 saturated carbocycles. The number of anilines is 2. The van der Waals surface area contributed by atoms with E-state index < -0.39 is 37.8 Å². The van der Waals surface area contributed by atoms with Crippen molar-refractivity contribution in [1.29, 1.82) is 0 Å². The summed E-state index contributed by atoms with van der Waals surface area (Å²) in [6.45, 7) is 12.2. The number of amides is 2. The largest absolute Gasteiger partial charge is 0.491 e. The van der Waals surface area contributed by atoms with Gasteiger partial charge in [0.15, 0.2) is 21.3 Å². The molecule has 1 aliphatic carbocycles. The van der Waals surface area contributed by atoms with Gasteiger partial charge in [-0.15, -0.1) is 0 Å². The van der Waals surface area contributed by atoms with Gasteiger partial charge in [0, 0.05) is 18.2 Å². The van der Waals surface area contributed by atoms with Gasteiger partial charge in [0.25, 0.3) is 5.91 Å². The Balaban J connectivity index is 0.00000308. The van der Waals surface area contributed by atoms with E-state index in [1.165, 1.54) is 11.1 Å². The third kappa shape index (κ3) is 10.8. The highest BCUT2D eigenvalue weighted by molar-refractivity contribution is 14.2. The van der Waals surface area contributed by atoms with Crippen LogP contribution >= 0.6 is 28.5 Å². The van der Waals surface area contributed by atoms with Crippen molar-refractivity contribution in [2.45, 2.75) is 120 Å². The van der Waals surface area contributed by atoms with Gasteiger partial charge in [-0.25, -0.2) is 23.2 Å². The molecule has 1 aromatic heterocycles. The number of nitrogens with zero attached hydrogens (tertiary/aromatic N) is 3. The topological polar surface area (TPSA) is 163 Å². The molecule has 2 amide bonds. The lowest BCUT2D eigenvalue weighted by Gasteiger charge is -2.33. The van der Waals surface area contributed by atoms with Crippen molar-refractivity contribution >= 4 is 61.8 Å². The fraction of sp³-hybridized carbons (Fsp3) is 0.526. The highest BCUT2D eigenvalue weighted by Crippen LogP contribution is 2.54. The molecule has 53 heavy (non-hydrogen) atoms. The summed E-state index contributed by atoms with van der Waals surface area (Å²) in [6, 6.07) is 11.9. The Hall–Kier alpha value is -3.07. The smallest absolute Gasteiger partial charge is 0.410 e. The van der Waals surface area contributed by atoms with Crippen LogP contribution in [0, 0.1) is 0 Å². The molecule has 0 radical (unpaired) electrons. The Morgan fingerprint density at radius 1 is 1.08 bits per heavy atom. The number of carbonyl (C=O) groups excluding carboxylic acids is 2. The molecule has 15 heteroatoms. The number of rotatable bonds is 4. The lowest BCUT2D eigenvalue weighted by molar-refractivity contribution is 0.0283. The van der Waals surface area contributed by atoms with Crippen LogP contribution in [0.4, 0.5) is 16.3 Å². The van der Waals surface area contributed by atoms with E-state index in [4.69, 9.17) is 19.7 Å². The van der Waals surface area contributed by atoms with Gasteiger partial charge in [0.1, 0.15) is 11.4 Å². The Kier molecular flexibility index (Phi) is 14.5. The minimum Gasteiger partial charge on any atom is -0.491 e. The third-order valence-electron chi connectivity index (χ3n) is 9.14. The normalized spacial score (nSPS) is 20.1. The first-order valence-corrected chi connectivity index (χ1v) is 23.6. The zero-order valence-electron chi connectivity index (χ0n) is 31.8. The molecule has 0 saturated heterocycles. The van der Waals surface area contributed by atoms with Crippen LogP contribution in [0.1, 0.15) is 109 Å². The molecule has 2 aliphatic heterocycles. The minimum atomic E-state index is -3.64. The molecule has 290 valence electrons. The fourth-order valence-corrected chi connectivity index (χ4v) is 10.4. The molecule has 2 atom stereocenters. The Bertz CT molecular complexity index is 1850. The standard InChI is InChI=1S/C36H47IN5O7PS.C2H6/c1-34(2,3)48-33(44)42(5)22-25-11-10-12-27-30(25)47-20-9-7-6-8-17-35(4,49-50-37)23-36(18-19-36)51(45,46)26-15-13-24(14-16-26)28-21-39-31(38)29(40-28)32(43)41-27;1-2/h10-16,21,50H,6-9,17-20,22-23H2,1-5H3,(H2,38,39)(H,41,43);1-2H3. The van der Waals surface area contributed by atoms with Crippen molar-refractivity contribution < 1.29 is 32.0 Å². The van der Waals surface area contributed by atoms with E-state index >= 15 is 0 Å². The van der Waals surface area contributed by atoms with Crippen molar-refractivity contribution in [3.63, 3.8) is 0 Å². The summed E-state index contributed by atoms with van der Waals surface area (Å²) < 4.78 is 45.3. The van der Waals surface area contributed by atoms with E-state index in [0.29, 0.717) is 54.1 Å². The molecule has 1 fully saturated rings. The van der Waals surface area contributed by atoms with Crippen LogP contribution in [0.3, 0.4) is 0 Å². The molecule has 12 nitrogen and oxygen atoms in total. The quantitative estimate of drug-likeness (QED) is 0.191. The number of para-hydroxylation sites is 1. The molecule has 6 rings (SSSR count). The molecule has 3 heterocycles. The number of hydrogen-bond acceptors (Lipinski definition) is 10. The number of halogens is 1. The monoisotopic (exact) mass is 881 g/mol. The van der Waals surface area contributed by atoms with Gasteiger partial charge >= 0.3 is 6.09 Å². The average Bonchev–Trinajstić information content (AvgIpc) is 3.89. The summed E-state index contributed by atoms with van der Waals surface area (Å²) in [5, 5.41) is 2.90. The zero-order valence-corrected chi connectivity index (χ0v) is 35.7. The average molecular weight is 882 g/mol. The van der Waals surface area contributed by atoms with Crippen LogP contribution in [0.5, 0.6) is 5.75 Å². The van der Waals surface area contributed by atoms with Crippen molar-refractivity contribution in [3.05, 3.63) is 59.9 Å². The maximum absolute atomic E-state index is 14.0. The van der Waals surface area contributed by atoms with Crippen LogP contribution in [0.2, 0.25) is 0 Å². The Morgan fingerprint density at radius 2 is 1.75 bits per heavy atom. The number of hydrogen-bond donors (Lipinski definition) is 2. The summed E-state index contributed by atoms with van der Waals surface area (Å²) in [5.41, 5.74) is 6.83. The molecule has 3 aromatic rings. The van der Waals surface area contributed by atoms with Gasteiger partial charge in [0.05, 0.1) is 52.4 Å². The zero-order chi connectivity index (χ0) is 39.0. The summed E-state index contributed by atoms with van der Waals surface area (Å²) in [6.07, 6.45) is 6.73. The van der Waals surface area contributed by atoms with Crippen LogP contribution < -0.4 is 15.8 Å². The highest BCUT2D eigenvalue weighted by Gasteiger charge is 2.58. The highest BCUT2D eigenvalue weighted by atomic mass is 127. The van der Waals surface area contributed by atoms with Crippen molar-refractivity contribution in [2.24, 2.45) is 0 Å². The van der Waals surface area contributed by atoms with Gasteiger partial charge in [-0.05, 0) is 100 Å². The van der Waals surface area contributed by atoms with Crippen LogP contribution in [0.15, 0.2) is 53.6 Å². The summed E-state index contributed by atoms with van der Waals surface area (Å²) >= 11 is 2.21. The molecule has 2 aromatic carbocycles. The second kappa shape index (κ2) is 18.0. The predicted octanol–water partition coefficient (Wildman–Crippen LogP) is 9.13. The van der Waals surface area contributed by atoms with E-state index in [1.807, 2.05) is 47.6 Å². The predicted molar refractivity (Wildman–Crippen MR) is 219 cm³/mol. The van der Waals surface area contributed by atoms with Crippen LogP contribution in [-0.4, -0.2) is 64.9 Å². The van der Waals surface area contributed by atoms with Gasteiger partial charge < -0.3 is 29.9 Å². The Morgan fingerprint density at radius 3 is 2.40 bits per heavy atom. The van der Waals surface area contributed by atoms with Gasteiger partial charge in [-0.3, -0.25) is 4.79 Å². The number of carbonyl (C=O) groups is 2. The van der Waals surface area contributed by atoms with E-state index in [2.05, 4.69) is 37.3 Å². The second-order valence-corrected chi connectivity index (χ2v) is 18.6. The van der Waals surface area contributed by atoms with Gasteiger partial charge in [0.2, 0.25) is 0 Å². The second-order valence-electron chi connectivity index (χ2n) is 14.6. The van der Waals surface area contributed by atoms with Crippen LogP contribution in [-0.2, 0) is 25.6 Å². The number of nitrogen functional groups attached to an aromatic ring is 1. The third-order valence-corrected chi connectivity index (χ3v) is 13.0. The first-order chi connectivity index (χ1) is 25.1. The molecule has 4 bridgehead atoms. The van der Waals surface area contributed by atoms with Crippen molar-refractivity contribution in [3.8, 4) is 17.0 Å². The lowest BCUT2D eigenvalue weighted by Crippen LogP contribution is -2.36. The number of benzene rings is 2. The van der Waals surface area contributed by atoms with Crippen LogP contribution in [0.25, 0.3) is 11.3 Å². The number of nitrogens with one attached hydrogen (secondary N) is 1. The first-order valence-electron chi connectivity index (χ1n) is 18.1. The fourth-order valence-electron chi connectivity index (χ4n) is 6.34. The number of fused-ring (bicyclic) bond motifs is 11. The molecule has 2 unspecified atom stereocenters. The summed E-state index contributed by atoms with van der Waals surface area (Å²) in [5.74, 6) is -0.235. The SMILES string of the molecule is CC.CN(Cc1cccc2c1OCCCCCCC(C)(OPI)CC1(CC1)S(=O)(=O)c1ccc(cc1)-c1cnc(N)c(n1)C(=O)N2)C(=O)OC(C)(C)C. The van der Waals surface area contributed by atoms with E-state index in [9.17, 15) is 18.0 Å². The Labute approximate surface area is 329 Å². The summed E-state index contributed by atoms with van der Waals surface area (Å²) in [7, 11) is -2.00. The van der Waals surface area contributed by atoms with Crippen molar-refractivity contribution in [1.82, 2.24) is 14.9 Å². The number of ether oxygens (including phenoxy) is 2. The molecule has 3 N–H and O–H groups in total. The molecular weight excluding hydrogens is 828 g/mol. The molecular formula is C38H53IN5O7PS. The maximum atomic E-state index is 14.0.